The van der Waals surface area contributed by atoms with Gasteiger partial charge in [0, 0.05) is 23.8 Å². The van der Waals surface area contributed by atoms with Gasteiger partial charge in [0.15, 0.2) is 0 Å². The molecule has 3 aromatic rings. The van der Waals surface area contributed by atoms with Crippen molar-refractivity contribution in [3.8, 4) is 0 Å². The number of rotatable bonds is 5. The largest absolute Gasteiger partial charge is 0.464 e. The van der Waals surface area contributed by atoms with Gasteiger partial charge in [0.1, 0.15) is 11.6 Å². The van der Waals surface area contributed by atoms with Crippen molar-refractivity contribution in [3.63, 3.8) is 0 Å². The van der Waals surface area contributed by atoms with Gasteiger partial charge in [-0.15, -0.1) is 0 Å². The van der Waals surface area contributed by atoms with Crippen LogP contribution in [0.5, 0.6) is 0 Å². The molecule has 2 aromatic carbocycles. The molecule has 4 nitrogen and oxygen atoms in total. The Labute approximate surface area is 147 Å². The first-order valence-electron chi connectivity index (χ1n) is 9.25. The minimum atomic E-state index is 0.0815. The van der Waals surface area contributed by atoms with Gasteiger partial charge in [0.25, 0.3) is 0 Å². The third-order valence-corrected chi connectivity index (χ3v) is 5.52. The maximum Gasteiger partial charge on any atom is 0.224 e. The van der Waals surface area contributed by atoms with Crippen LogP contribution in [0.3, 0.4) is 0 Å². The van der Waals surface area contributed by atoms with Crippen molar-refractivity contribution in [2.24, 2.45) is 0 Å². The van der Waals surface area contributed by atoms with Crippen molar-refractivity contribution in [3.05, 3.63) is 48.2 Å². The Morgan fingerprint density at radius 3 is 3.04 bits per heavy atom. The summed E-state index contributed by atoms with van der Waals surface area (Å²) in [5.41, 5.74) is 1.81. The molecule has 1 unspecified atom stereocenters. The first-order chi connectivity index (χ1) is 12.3. The summed E-state index contributed by atoms with van der Waals surface area (Å²) in [7, 11) is 0. The minimum Gasteiger partial charge on any atom is -0.464 e. The van der Waals surface area contributed by atoms with E-state index in [4.69, 9.17) is 4.42 Å². The van der Waals surface area contributed by atoms with Gasteiger partial charge in [0.2, 0.25) is 5.91 Å². The molecule has 1 amide bonds. The van der Waals surface area contributed by atoms with Crippen molar-refractivity contribution < 1.29 is 14.1 Å². The number of amides is 1. The number of furan rings is 1. The average molecular weight is 337 g/mol. The minimum absolute atomic E-state index is 0.0815. The van der Waals surface area contributed by atoms with E-state index in [0.717, 1.165) is 35.0 Å². The number of likely N-dealkylation sites (N-methyl/N-ethyl adjacent to an activating group) is 1. The van der Waals surface area contributed by atoms with E-state index in [2.05, 4.69) is 30.4 Å². The maximum atomic E-state index is 12.5. The number of carbonyl (C=O) groups excluding carboxylic acids is 1. The van der Waals surface area contributed by atoms with Crippen LogP contribution >= 0.6 is 0 Å². The van der Waals surface area contributed by atoms with Gasteiger partial charge in [0.05, 0.1) is 32.3 Å². The number of hydrogen-bond acceptors (Lipinski definition) is 2. The molecule has 1 aliphatic heterocycles. The van der Waals surface area contributed by atoms with Crippen molar-refractivity contribution in [2.45, 2.75) is 32.2 Å². The van der Waals surface area contributed by atoms with Crippen LogP contribution in [0.2, 0.25) is 0 Å². The standard InChI is InChI=1S/C21H24N2O2/c1-2-23-11-5-7-17(23)13-22-20(24)12-16-14-25-19-10-9-15-6-3-4-8-18(15)21(16)19/h3-4,6,8-10,14,17H,2,5,7,11-13H2,1H3,(H,22,24)/p+1/t17-/m1/s1. The maximum absolute atomic E-state index is 12.5. The molecule has 2 atom stereocenters. The normalized spacial score (nSPS) is 20.4. The third kappa shape index (κ3) is 3.14. The SMILES string of the molecule is CC[NH+]1CCC[C@@H]1CNC(=O)Cc1coc2ccc3ccccc3c12. The van der Waals surface area contributed by atoms with Gasteiger partial charge in [-0.2, -0.15) is 0 Å². The van der Waals surface area contributed by atoms with E-state index >= 15 is 0 Å². The fourth-order valence-electron chi connectivity index (χ4n) is 4.17. The summed E-state index contributed by atoms with van der Waals surface area (Å²) in [6, 6.07) is 12.9. The molecular formula is C21H25N2O2+. The monoisotopic (exact) mass is 337 g/mol. The molecule has 130 valence electrons. The number of benzene rings is 2. The molecule has 0 saturated carbocycles. The fourth-order valence-corrected chi connectivity index (χ4v) is 4.17. The highest BCUT2D eigenvalue weighted by atomic mass is 16.3. The smallest absolute Gasteiger partial charge is 0.224 e. The van der Waals surface area contributed by atoms with Crippen LogP contribution in [0, 0.1) is 0 Å². The van der Waals surface area contributed by atoms with Gasteiger partial charge in [-0.25, -0.2) is 0 Å². The van der Waals surface area contributed by atoms with Crippen molar-refractivity contribution >= 4 is 27.6 Å². The molecule has 0 aliphatic carbocycles. The van der Waals surface area contributed by atoms with Crippen LogP contribution in [0.1, 0.15) is 25.3 Å². The molecule has 4 heteroatoms. The van der Waals surface area contributed by atoms with Gasteiger partial charge in [-0.05, 0) is 23.8 Å². The van der Waals surface area contributed by atoms with E-state index in [1.807, 2.05) is 18.2 Å². The Morgan fingerprint density at radius 1 is 1.28 bits per heavy atom. The Bertz CT molecular complexity index is 899. The lowest BCUT2D eigenvalue weighted by atomic mass is 10.0. The number of nitrogens with one attached hydrogen (secondary N) is 2. The zero-order chi connectivity index (χ0) is 17.2. The second-order valence-corrected chi connectivity index (χ2v) is 7.00. The second kappa shape index (κ2) is 6.89. The van der Waals surface area contributed by atoms with Gasteiger partial charge < -0.3 is 14.6 Å². The number of hydrogen-bond donors (Lipinski definition) is 2. The number of quaternary nitrogens is 1. The predicted molar refractivity (Wildman–Crippen MR) is 99.8 cm³/mol. The topological polar surface area (TPSA) is 46.7 Å². The lowest BCUT2D eigenvalue weighted by molar-refractivity contribution is -0.909. The average Bonchev–Trinajstić information content (AvgIpc) is 3.26. The summed E-state index contributed by atoms with van der Waals surface area (Å²) in [5, 5.41) is 6.52. The summed E-state index contributed by atoms with van der Waals surface area (Å²) >= 11 is 0. The van der Waals surface area contributed by atoms with Crippen molar-refractivity contribution in [1.82, 2.24) is 5.32 Å². The van der Waals surface area contributed by atoms with Crippen LogP contribution in [0.15, 0.2) is 47.1 Å². The fraction of sp³-hybridized carbons (Fsp3) is 0.381. The Hall–Kier alpha value is -2.33. The lowest BCUT2D eigenvalue weighted by Gasteiger charge is -2.20. The van der Waals surface area contributed by atoms with E-state index in [1.54, 1.807) is 11.2 Å². The highest BCUT2D eigenvalue weighted by Gasteiger charge is 2.27. The molecule has 0 spiro atoms. The Morgan fingerprint density at radius 2 is 2.16 bits per heavy atom. The Kier molecular flexibility index (Phi) is 4.45. The summed E-state index contributed by atoms with van der Waals surface area (Å²) < 4.78 is 5.69. The molecular weight excluding hydrogens is 312 g/mol. The second-order valence-electron chi connectivity index (χ2n) is 7.00. The Balaban J connectivity index is 1.50. The summed E-state index contributed by atoms with van der Waals surface area (Å²) in [5.74, 6) is 0.0815. The summed E-state index contributed by atoms with van der Waals surface area (Å²) in [6.07, 6.45) is 4.58. The highest BCUT2D eigenvalue weighted by molar-refractivity contribution is 6.08. The number of likely N-dealkylation sites (tertiary alicyclic amines) is 1. The van der Waals surface area contributed by atoms with E-state index in [0.29, 0.717) is 12.5 Å². The molecule has 1 fully saturated rings. The molecule has 25 heavy (non-hydrogen) atoms. The van der Waals surface area contributed by atoms with Crippen molar-refractivity contribution in [1.29, 1.82) is 0 Å². The van der Waals surface area contributed by atoms with Gasteiger partial charge in [-0.1, -0.05) is 30.3 Å². The first-order valence-corrected chi connectivity index (χ1v) is 9.25. The predicted octanol–water partition coefficient (Wildman–Crippen LogP) is 2.31. The molecule has 1 saturated heterocycles. The third-order valence-electron chi connectivity index (χ3n) is 5.52. The molecule has 2 N–H and O–H groups in total. The van der Waals surface area contributed by atoms with E-state index < -0.39 is 0 Å². The van der Waals surface area contributed by atoms with E-state index in [-0.39, 0.29) is 5.91 Å². The summed E-state index contributed by atoms with van der Waals surface area (Å²) in [6.45, 7) is 5.37. The van der Waals surface area contributed by atoms with Crippen LogP contribution in [0.4, 0.5) is 0 Å². The molecule has 0 radical (unpaired) electrons. The zero-order valence-electron chi connectivity index (χ0n) is 14.7. The zero-order valence-corrected chi connectivity index (χ0v) is 14.7. The molecule has 4 rings (SSSR count). The quantitative estimate of drug-likeness (QED) is 0.750. The number of fused-ring (bicyclic) bond motifs is 3. The molecule has 1 aromatic heterocycles. The van der Waals surface area contributed by atoms with Gasteiger partial charge in [-0.3, -0.25) is 4.79 Å². The molecule has 1 aliphatic rings. The molecule has 2 heterocycles. The van der Waals surface area contributed by atoms with Crippen molar-refractivity contribution in [2.75, 3.05) is 19.6 Å². The van der Waals surface area contributed by atoms with Gasteiger partial charge >= 0.3 is 0 Å². The van der Waals surface area contributed by atoms with Crippen LogP contribution in [0.25, 0.3) is 21.7 Å². The highest BCUT2D eigenvalue weighted by Crippen LogP contribution is 2.30. The van der Waals surface area contributed by atoms with E-state index in [1.165, 1.54) is 24.8 Å². The number of carbonyl (C=O) groups is 1. The van der Waals surface area contributed by atoms with Crippen LogP contribution < -0.4 is 10.2 Å². The van der Waals surface area contributed by atoms with Crippen LogP contribution in [-0.2, 0) is 11.2 Å². The lowest BCUT2D eigenvalue weighted by Crippen LogP contribution is -3.14. The molecule has 0 bridgehead atoms. The summed E-state index contributed by atoms with van der Waals surface area (Å²) in [4.78, 5) is 14.1. The first kappa shape index (κ1) is 16.2. The van der Waals surface area contributed by atoms with E-state index in [9.17, 15) is 4.79 Å². The van der Waals surface area contributed by atoms with Crippen LogP contribution in [-0.4, -0.2) is 31.6 Å².